The Labute approximate surface area is 138 Å². The maximum atomic E-state index is 12.4. The lowest BCUT2D eigenvalue weighted by molar-refractivity contribution is -0.145. The van der Waals surface area contributed by atoms with E-state index in [2.05, 4.69) is 5.43 Å². The van der Waals surface area contributed by atoms with Gasteiger partial charge in [0, 0.05) is 5.56 Å². The third kappa shape index (κ3) is 2.12. The van der Waals surface area contributed by atoms with Crippen molar-refractivity contribution in [1.29, 1.82) is 0 Å². The number of hydrazine groups is 1. The Hall–Kier alpha value is -2.67. The third-order valence-electron chi connectivity index (χ3n) is 4.55. The van der Waals surface area contributed by atoms with Crippen LogP contribution in [0.2, 0.25) is 0 Å². The minimum absolute atomic E-state index is 0.341. The molecule has 0 saturated carbocycles. The van der Waals surface area contributed by atoms with Gasteiger partial charge in [-0.15, -0.1) is 0 Å². The number of nitrogens with zero attached hydrogens (tertiary/aromatic N) is 1. The fraction of sp³-hybridized carbons (Fsp3) is 0.353. The molecule has 3 heterocycles. The number of hydrogen-bond donors (Lipinski definition) is 1. The largest absolute Gasteiger partial charge is 0.494 e. The Morgan fingerprint density at radius 2 is 1.71 bits per heavy atom. The minimum Gasteiger partial charge on any atom is -0.494 e. The molecule has 2 bridgehead atoms. The molecule has 0 radical (unpaired) electrons. The topological polar surface area (TPSA) is 84.9 Å². The summed E-state index contributed by atoms with van der Waals surface area (Å²) in [6, 6.07) is 6.50. The van der Waals surface area contributed by atoms with Crippen LogP contribution in [-0.4, -0.2) is 41.5 Å². The van der Waals surface area contributed by atoms with Crippen molar-refractivity contribution in [1.82, 2.24) is 10.4 Å². The lowest BCUT2D eigenvalue weighted by atomic mass is 9.85. The van der Waals surface area contributed by atoms with Gasteiger partial charge in [0.05, 0.1) is 30.7 Å². The summed E-state index contributed by atoms with van der Waals surface area (Å²) in [7, 11) is 0. The Morgan fingerprint density at radius 3 is 2.25 bits per heavy atom. The van der Waals surface area contributed by atoms with Gasteiger partial charge in [0.2, 0.25) is 0 Å². The Bertz CT molecular complexity index is 712. The highest BCUT2D eigenvalue weighted by Crippen LogP contribution is 2.44. The Morgan fingerprint density at radius 1 is 1.12 bits per heavy atom. The van der Waals surface area contributed by atoms with Crippen LogP contribution in [0, 0.1) is 11.8 Å². The molecule has 0 aliphatic carbocycles. The summed E-state index contributed by atoms with van der Waals surface area (Å²) in [5.74, 6) is -1.76. The second kappa shape index (κ2) is 5.45. The number of benzene rings is 1. The Balaban J connectivity index is 1.48. The maximum absolute atomic E-state index is 12.4. The lowest BCUT2D eigenvalue weighted by Gasteiger charge is -2.18. The first-order valence-corrected chi connectivity index (χ1v) is 7.85. The molecule has 3 amide bonds. The highest BCUT2D eigenvalue weighted by Gasteiger charge is 2.61. The van der Waals surface area contributed by atoms with E-state index in [1.54, 1.807) is 36.4 Å². The zero-order chi connectivity index (χ0) is 16.8. The summed E-state index contributed by atoms with van der Waals surface area (Å²) in [4.78, 5) is 37.2. The van der Waals surface area contributed by atoms with E-state index in [-0.39, 0.29) is 12.2 Å². The standard InChI is InChI=1S/C17H16N2O5/c1-2-23-10-5-3-9(4-6-10)15(20)18-19-16(21)13-11-7-8-12(24-11)14(13)17(19)22/h3-8,11-14H,2H2,1H3,(H,18,20)/t11-,12+,13-,14+. The van der Waals surface area contributed by atoms with E-state index >= 15 is 0 Å². The molecule has 3 aliphatic heterocycles. The van der Waals surface area contributed by atoms with Crippen LogP contribution >= 0.6 is 0 Å². The van der Waals surface area contributed by atoms with Crippen molar-refractivity contribution >= 4 is 17.7 Å². The molecule has 24 heavy (non-hydrogen) atoms. The highest BCUT2D eigenvalue weighted by atomic mass is 16.5. The summed E-state index contributed by atoms with van der Waals surface area (Å²) in [5.41, 5.74) is 2.76. The lowest BCUT2D eigenvalue weighted by Crippen LogP contribution is -2.47. The van der Waals surface area contributed by atoms with Gasteiger partial charge in [-0.05, 0) is 31.2 Å². The summed E-state index contributed by atoms with van der Waals surface area (Å²) >= 11 is 0. The molecule has 0 unspecified atom stereocenters. The third-order valence-corrected chi connectivity index (χ3v) is 4.55. The van der Waals surface area contributed by atoms with Crippen LogP contribution in [0.3, 0.4) is 0 Å². The van der Waals surface area contributed by atoms with Gasteiger partial charge in [-0.1, -0.05) is 12.2 Å². The fourth-order valence-corrected chi connectivity index (χ4v) is 3.45. The van der Waals surface area contributed by atoms with Gasteiger partial charge in [-0.2, -0.15) is 5.01 Å². The molecule has 2 saturated heterocycles. The first-order chi connectivity index (χ1) is 11.6. The fourth-order valence-electron chi connectivity index (χ4n) is 3.45. The van der Waals surface area contributed by atoms with Gasteiger partial charge in [0.25, 0.3) is 17.7 Å². The van der Waals surface area contributed by atoms with E-state index in [4.69, 9.17) is 9.47 Å². The van der Waals surface area contributed by atoms with E-state index < -0.39 is 29.6 Å². The molecule has 0 spiro atoms. The van der Waals surface area contributed by atoms with Crippen molar-refractivity contribution in [3.05, 3.63) is 42.0 Å². The first kappa shape index (κ1) is 14.9. The molecule has 0 aromatic heterocycles. The van der Waals surface area contributed by atoms with Gasteiger partial charge in [-0.3, -0.25) is 19.8 Å². The molecule has 124 valence electrons. The smallest absolute Gasteiger partial charge is 0.270 e. The van der Waals surface area contributed by atoms with Gasteiger partial charge < -0.3 is 9.47 Å². The number of nitrogens with one attached hydrogen (secondary N) is 1. The molecule has 1 aromatic rings. The molecule has 1 N–H and O–H groups in total. The summed E-state index contributed by atoms with van der Waals surface area (Å²) in [6.07, 6.45) is 2.86. The monoisotopic (exact) mass is 328 g/mol. The van der Waals surface area contributed by atoms with Gasteiger partial charge in [0.1, 0.15) is 5.75 Å². The zero-order valence-electron chi connectivity index (χ0n) is 13.0. The SMILES string of the molecule is CCOc1ccc(C(=O)NN2C(=O)[C@@H]3[C@H](C2=O)[C@H]2C=C[C@@H]3O2)cc1. The second-order valence-electron chi connectivity index (χ2n) is 5.91. The van der Waals surface area contributed by atoms with Gasteiger partial charge in [-0.25, -0.2) is 0 Å². The van der Waals surface area contributed by atoms with E-state index in [9.17, 15) is 14.4 Å². The van der Waals surface area contributed by atoms with Crippen LogP contribution in [-0.2, 0) is 14.3 Å². The van der Waals surface area contributed by atoms with Crippen LogP contribution in [0.15, 0.2) is 36.4 Å². The van der Waals surface area contributed by atoms with Crippen molar-refractivity contribution in [3.63, 3.8) is 0 Å². The van der Waals surface area contributed by atoms with Crippen LogP contribution in [0.25, 0.3) is 0 Å². The van der Waals surface area contributed by atoms with Crippen LogP contribution in [0.1, 0.15) is 17.3 Å². The van der Waals surface area contributed by atoms with E-state index in [0.717, 1.165) is 5.01 Å². The van der Waals surface area contributed by atoms with Gasteiger partial charge in [0.15, 0.2) is 0 Å². The molecule has 4 atom stereocenters. The molecule has 4 rings (SSSR count). The molecule has 1 aromatic carbocycles. The second-order valence-corrected chi connectivity index (χ2v) is 5.91. The number of hydrogen-bond acceptors (Lipinski definition) is 5. The van der Waals surface area contributed by atoms with Crippen molar-refractivity contribution < 1.29 is 23.9 Å². The molecule has 7 heteroatoms. The number of amides is 3. The summed E-state index contributed by atoms with van der Waals surface area (Å²) < 4.78 is 10.9. The minimum atomic E-state index is -0.534. The van der Waals surface area contributed by atoms with Crippen molar-refractivity contribution in [2.24, 2.45) is 11.8 Å². The number of carbonyl (C=O) groups is 3. The molecule has 7 nitrogen and oxygen atoms in total. The molecular weight excluding hydrogens is 312 g/mol. The predicted octanol–water partition coefficient (Wildman–Crippen LogP) is 0.668. The van der Waals surface area contributed by atoms with Gasteiger partial charge >= 0.3 is 0 Å². The number of carbonyl (C=O) groups excluding carboxylic acids is 3. The number of fused-ring (bicyclic) bond motifs is 5. The molecule has 2 fully saturated rings. The number of imide groups is 1. The predicted molar refractivity (Wildman–Crippen MR) is 81.7 cm³/mol. The van der Waals surface area contributed by atoms with E-state index in [0.29, 0.717) is 17.9 Å². The van der Waals surface area contributed by atoms with Crippen molar-refractivity contribution in [3.8, 4) is 5.75 Å². The molecular formula is C17H16N2O5. The van der Waals surface area contributed by atoms with Crippen molar-refractivity contribution in [2.45, 2.75) is 19.1 Å². The Kier molecular flexibility index (Phi) is 3.38. The van der Waals surface area contributed by atoms with E-state index in [1.165, 1.54) is 0 Å². The quantitative estimate of drug-likeness (QED) is 0.649. The van der Waals surface area contributed by atoms with Crippen LogP contribution in [0.5, 0.6) is 5.75 Å². The average molecular weight is 328 g/mol. The van der Waals surface area contributed by atoms with Crippen LogP contribution < -0.4 is 10.2 Å². The van der Waals surface area contributed by atoms with E-state index in [1.807, 2.05) is 6.92 Å². The average Bonchev–Trinajstić information content (AvgIpc) is 3.26. The zero-order valence-corrected chi connectivity index (χ0v) is 13.0. The number of ether oxygens (including phenoxy) is 2. The first-order valence-electron chi connectivity index (χ1n) is 7.85. The van der Waals surface area contributed by atoms with Crippen LogP contribution in [0.4, 0.5) is 0 Å². The normalized spacial score (nSPS) is 30.0. The number of rotatable bonds is 4. The van der Waals surface area contributed by atoms with Crippen molar-refractivity contribution in [2.75, 3.05) is 6.61 Å². The summed E-state index contributed by atoms with van der Waals surface area (Å²) in [5, 5.41) is 0.837. The highest BCUT2D eigenvalue weighted by molar-refractivity contribution is 6.09. The maximum Gasteiger partial charge on any atom is 0.270 e. The molecule has 3 aliphatic rings. The summed E-state index contributed by atoms with van der Waals surface area (Å²) in [6.45, 7) is 2.40.